The molecule has 17 heavy (non-hydrogen) atoms. The van der Waals surface area contributed by atoms with Gasteiger partial charge in [-0.25, -0.2) is 9.48 Å². The summed E-state index contributed by atoms with van der Waals surface area (Å²) in [5.41, 5.74) is -0.0613. The Morgan fingerprint density at radius 2 is 1.94 bits per heavy atom. The molecule has 0 saturated carbocycles. The van der Waals surface area contributed by atoms with Gasteiger partial charge in [0.25, 0.3) is 0 Å². The number of para-hydroxylation sites is 1. The number of hydrogen-bond acceptors (Lipinski definition) is 2. The van der Waals surface area contributed by atoms with Crippen molar-refractivity contribution < 1.29 is 18.7 Å². The SMILES string of the molecule is O=C(O)C(F)(F)c1cnn(-c2ccccc2)c1. The Hall–Kier alpha value is -2.24. The summed E-state index contributed by atoms with van der Waals surface area (Å²) < 4.78 is 27.5. The van der Waals surface area contributed by atoms with Crippen molar-refractivity contribution in [2.24, 2.45) is 0 Å². The second-order valence-corrected chi connectivity index (χ2v) is 3.39. The first-order valence-corrected chi connectivity index (χ1v) is 4.73. The minimum atomic E-state index is -3.92. The number of halogens is 2. The molecule has 0 aliphatic rings. The second-order valence-electron chi connectivity index (χ2n) is 3.39. The lowest BCUT2D eigenvalue weighted by molar-refractivity contribution is -0.166. The van der Waals surface area contributed by atoms with Crippen molar-refractivity contribution in [3.63, 3.8) is 0 Å². The van der Waals surface area contributed by atoms with Crippen LogP contribution in [0.4, 0.5) is 8.78 Å². The number of aromatic nitrogens is 2. The van der Waals surface area contributed by atoms with Gasteiger partial charge in [0.2, 0.25) is 0 Å². The van der Waals surface area contributed by atoms with Gasteiger partial charge in [0.05, 0.1) is 17.4 Å². The van der Waals surface area contributed by atoms with Crippen LogP contribution in [0.15, 0.2) is 42.7 Å². The molecular weight excluding hydrogens is 230 g/mol. The summed E-state index contributed by atoms with van der Waals surface area (Å²) >= 11 is 0. The van der Waals surface area contributed by atoms with Gasteiger partial charge in [0.15, 0.2) is 0 Å². The van der Waals surface area contributed by atoms with Gasteiger partial charge in [-0.1, -0.05) is 18.2 Å². The van der Waals surface area contributed by atoms with Crippen LogP contribution in [0.5, 0.6) is 0 Å². The zero-order valence-corrected chi connectivity index (χ0v) is 8.55. The van der Waals surface area contributed by atoms with Crippen LogP contribution in [-0.4, -0.2) is 20.9 Å². The van der Waals surface area contributed by atoms with Crippen molar-refractivity contribution >= 4 is 5.97 Å². The van der Waals surface area contributed by atoms with Crippen molar-refractivity contribution in [2.45, 2.75) is 5.92 Å². The van der Waals surface area contributed by atoms with Crippen LogP contribution >= 0.6 is 0 Å². The summed E-state index contributed by atoms with van der Waals surface area (Å²) in [5, 5.41) is 12.1. The highest BCUT2D eigenvalue weighted by Crippen LogP contribution is 2.28. The number of carboxylic acid groups (broad SMARTS) is 1. The van der Waals surface area contributed by atoms with Gasteiger partial charge >= 0.3 is 11.9 Å². The van der Waals surface area contributed by atoms with Crippen LogP contribution in [0.3, 0.4) is 0 Å². The number of alkyl halides is 2. The molecule has 6 heteroatoms. The third kappa shape index (κ3) is 2.01. The zero-order chi connectivity index (χ0) is 12.5. The number of carboxylic acids is 1. The normalized spacial score (nSPS) is 11.4. The predicted molar refractivity (Wildman–Crippen MR) is 55.1 cm³/mol. The van der Waals surface area contributed by atoms with E-state index in [1.807, 2.05) is 0 Å². The molecule has 1 aromatic carbocycles. The van der Waals surface area contributed by atoms with Crippen molar-refractivity contribution in [3.05, 3.63) is 48.3 Å². The average molecular weight is 238 g/mol. The molecule has 0 spiro atoms. The molecule has 1 N–H and O–H groups in total. The van der Waals surface area contributed by atoms with Crippen molar-refractivity contribution in [1.29, 1.82) is 0 Å². The van der Waals surface area contributed by atoms with E-state index in [4.69, 9.17) is 5.11 Å². The van der Waals surface area contributed by atoms with Gasteiger partial charge in [-0.2, -0.15) is 13.9 Å². The van der Waals surface area contributed by atoms with Crippen LogP contribution in [0, 0.1) is 0 Å². The summed E-state index contributed by atoms with van der Waals surface area (Å²) in [6.07, 6.45) is 1.85. The predicted octanol–water partition coefficient (Wildman–Crippen LogP) is 2.05. The summed E-state index contributed by atoms with van der Waals surface area (Å²) in [6.45, 7) is 0. The van der Waals surface area contributed by atoms with Gasteiger partial charge in [0.1, 0.15) is 0 Å². The molecule has 0 radical (unpaired) electrons. The fourth-order valence-corrected chi connectivity index (χ4v) is 1.33. The summed E-state index contributed by atoms with van der Waals surface area (Å²) in [5.74, 6) is -6.11. The number of benzene rings is 1. The van der Waals surface area contributed by atoms with Crippen LogP contribution in [0.2, 0.25) is 0 Å². The lowest BCUT2D eigenvalue weighted by atomic mass is 10.2. The highest BCUT2D eigenvalue weighted by Gasteiger charge is 2.42. The third-order valence-corrected chi connectivity index (χ3v) is 2.23. The van der Waals surface area contributed by atoms with Gasteiger partial charge in [-0.15, -0.1) is 0 Å². The molecule has 0 atom stereocenters. The standard InChI is InChI=1S/C11H8F2N2O2/c12-11(13,10(16)17)8-6-14-15(7-8)9-4-2-1-3-5-9/h1-7H,(H,16,17). The zero-order valence-electron chi connectivity index (χ0n) is 8.55. The Morgan fingerprint density at radius 3 is 2.53 bits per heavy atom. The Kier molecular flexibility index (Phi) is 2.63. The minimum absolute atomic E-state index is 0.583. The number of aliphatic carboxylic acids is 1. The molecule has 0 amide bonds. The van der Waals surface area contributed by atoms with E-state index in [1.54, 1.807) is 30.3 Å². The smallest absolute Gasteiger partial charge is 0.379 e. The maximum Gasteiger partial charge on any atom is 0.379 e. The van der Waals surface area contributed by atoms with Crippen LogP contribution < -0.4 is 0 Å². The topological polar surface area (TPSA) is 55.1 Å². The largest absolute Gasteiger partial charge is 0.477 e. The van der Waals surface area contributed by atoms with Crippen molar-refractivity contribution in [3.8, 4) is 5.69 Å². The number of nitrogens with zero attached hydrogens (tertiary/aromatic N) is 2. The Balaban J connectivity index is 2.38. The summed E-state index contributed by atoms with van der Waals surface area (Å²) in [4.78, 5) is 10.4. The minimum Gasteiger partial charge on any atom is -0.477 e. The second kappa shape index (κ2) is 3.97. The fourth-order valence-electron chi connectivity index (χ4n) is 1.33. The highest BCUT2D eigenvalue weighted by atomic mass is 19.3. The highest BCUT2D eigenvalue weighted by molar-refractivity contribution is 5.77. The first kappa shape index (κ1) is 11.3. The average Bonchev–Trinajstić information content (AvgIpc) is 2.80. The van der Waals surface area contributed by atoms with Gasteiger partial charge in [-0.05, 0) is 12.1 Å². The molecular formula is C11H8F2N2O2. The number of rotatable bonds is 3. The Morgan fingerprint density at radius 1 is 1.29 bits per heavy atom. The van der Waals surface area contributed by atoms with Gasteiger partial charge in [0, 0.05) is 6.20 Å². The van der Waals surface area contributed by atoms with E-state index in [9.17, 15) is 13.6 Å². The Labute approximate surface area is 95.1 Å². The third-order valence-electron chi connectivity index (χ3n) is 2.23. The van der Waals surface area contributed by atoms with E-state index in [1.165, 1.54) is 4.68 Å². The van der Waals surface area contributed by atoms with Crippen LogP contribution in [0.1, 0.15) is 5.56 Å². The first-order valence-electron chi connectivity index (χ1n) is 4.73. The molecule has 88 valence electrons. The van der Waals surface area contributed by atoms with Gasteiger partial charge in [-0.3, -0.25) is 0 Å². The van der Waals surface area contributed by atoms with Crippen molar-refractivity contribution in [2.75, 3.05) is 0 Å². The molecule has 2 rings (SSSR count). The van der Waals surface area contributed by atoms with E-state index in [0.717, 1.165) is 12.4 Å². The number of hydrogen-bond donors (Lipinski definition) is 1. The molecule has 0 aliphatic heterocycles. The molecule has 0 bridgehead atoms. The molecule has 0 fully saturated rings. The molecule has 2 aromatic rings. The van der Waals surface area contributed by atoms with Crippen LogP contribution in [-0.2, 0) is 10.7 Å². The summed E-state index contributed by atoms with van der Waals surface area (Å²) in [7, 11) is 0. The monoisotopic (exact) mass is 238 g/mol. The maximum atomic E-state index is 13.2. The van der Waals surface area contributed by atoms with Crippen LogP contribution in [0.25, 0.3) is 5.69 Å². The molecule has 4 nitrogen and oxygen atoms in total. The lowest BCUT2D eigenvalue weighted by Crippen LogP contribution is -2.24. The maximum absolute atomic E-state index is 13.2. The molecule has 1 heterocycles. The van der Waals surface area contributed by atoms with Gasteiger partial charge < -0.3 is 5.11 Å². The molecule has 0 unspecified atom stereocenters. The quantitative estimate of drug-likeness (QED) is 0.890. The molecule has 0 aliphatic carbocycles. The lowest BCUT2D eigenvalue weighted by Gasteiger charge is -2.07. The van der Waals surface area contributed by atoms with E-state index in [2.05, 4.69) is 5.10 Å². The molecule has 1 aromatic heterocycles. The van der Waals surface area contributed by atoms with E-state index in [-0.39, 0.29) is 0 Å². The van der Waals surface area contributed by atoms with E-state index >= 15 is 0 Å². The fraction of sp³-hybridized carbons (Fsp3) is 0.0909. The van der Waals surface area contributed by atoms with E-state index in [0.29, 0.717) is 5.69 Å². The number of carbonyl (C=O) groups is 1. The summed E-state index contributed by atoms with van der Waals surface area (Å²) in [6, 6.07) is 8.59. The first-order chi connectivity index (χ1) is 8.01. The Bertz CT molecular complexity index is 537. The van der Waals surface area contributed by atoms with Crippen molar-refractivity contribution in [1.82, 2.24) is 9.78 Å². The van der Waals surface area contributed by atoms with E-state index < -0.39 is 17.5 Å². The molecule has 0 saturated heterocycles.